The summed E-state index contributed by atoms with van der Waals surface area (Å²) in [5.74, 6) is -0.888. The summed E-state index contributed by atoms with van der Waals surface area (Å²) < 4.78 is 28.8. The van der Waals surface area contributed by atoms with E-state index in [0.717, 1.165) is 0 Å². The molecule has 9 heteroatoms. The second-order valence-corrected chi connectivity index (χ2v) is 6.23. The van der Waals surface area contributed by atoms with Crippen molar-refractivity contribution < 1.29 is 17.7 Å². The Kier molecular flexibility index (Phi) is 4.05. The highest BCUT2D eigenvalue weighted by Crippen LogP contribution is 2.19. The largest absolute Gasteiger partial charge is 0.360 e. The van der Waals surface area contributed by atoms with E-state index in [4.69, 9.17) is 16.1 Å². The fourth-order valence-corrected chi connectivity index (χ4v) is 3.06. The van der Waals surface area contributed by atoms with Crippen LogP contribution in [0.2, 0.25) is 5.02 Å². The lowest BCUT2D eigenvalue weighted by atomic mass is 10.5. The summed E-state index contributed by atoms with van der Waals surface area (Å²) in [7, 11) is -3.92. The molecule has 0 aliphatic rings. The molecule has 1 N–H and O–H groups in total. The minimum absolute atomic E-state index is 0.0300. The highest BCUT2D eigenvalue weighted by Gasteiger charge is 2.23. The van der Waals surface area contributed by atoms with E-state index in [2.05, 4.69) is 15.5 Å². The molecule has 2 heterocycles. The van der Waals surface area contributed by atoms with Crippen molar-refractivity contribution in [2.24, 2.45) is 0 Å². The Morgan fingerprint density at radius 2 is 2.25 bits per heavy atom. The van der Waals surface area contributed by atoms with Crippen LogP contribution in [0, 0.1) is 6.92 Å². The van der Waals surface area contributed by atoms with Crippen LogP contribution in [-0.2, 0) is 14.6 Å². The molecule has 0 radical (unpaired) electrons. The Morgan fingerprint density at radius 1 is 1.50 bits per heavy atom. The summed E-state index contributed by atoms with van der Waals surface area (Å²) in [6, 6.07) is 4.36. The summed E-state index contributed by atoms with van der Waals surface area (Å²) in [5.41, 5.74) is 0. The standard InChI is InChI=1S/C11H10ClN3O4S/c1-7-5-9(15-19-7)14-10(16)6-20(17,18)11-8(12)3-2-4-13-11/h2-5H,6H2,1H3,(H,14,15,16). The number of aryl methyl sites for hydroxylation is 1. The van der Waals surface area contributed by atoms with Crippen molar-refractivity contribution in [1.29, 1.82) is 0 Å². The second kappa shape index (κ2) is 5.59. The van der Waals surface area contributed by atoms with E-state index in [1.807, 2.05) is 0 Å². The molecule has 1 amide bonds. The van der Waals surface area contributed by atoms with Gasteiger partial charge in [-0.3, -0.25) is 4.79 Å². The molecule has 0 bridgehead atoms. The Labute approximate surface area is 119 Å². The summed E-state index contributed by atoms with van der Waals surface area (Å²) in [6.07, 6.45) is 1.29. The summed E-state index contributed by atoms with van der Waals surface area (Å²) >= 11 is 5.76. The van der Waals surface area contributed by atoms with Crippen molar-refractivity contribution in [3.05, 3.63) is 35.2 Å². The van der Waals surface area contributed by atoms with Crippen LogP contribution in [0.25, 0.3) is 0 Å². The quantitative estimate of drug-likeness (QED) is 0.916. The molecule has 0 aromatic carbocycles. The zero-order valence-electron chi connectivity index (χ0n) is 10.3. The van der Waals surface area contributed by atoms with Gasteiger partial charge in [0.15, 0.2) is 10.8 Å². The van der Waals surface area contributed by atoms with Crippen LogP contribution in [0.4, 0.5) is 5.82 Å². The van der Waals surface area contributed by atoms with E-state index in [-0.39, 0.29) is 15.9 Å². The highest BCUT2D eigenvalue weighted by molar-refractivity contribution is 7.92. The summed E-state index contributed by atoms with van der Waals surface area (Å²) in [6.45, 7) is 1.65. The second-order valence-electron chi connectivity index (χ2n) is 3.92. The first-order valence-corrected chi connectivity index (χ1v) is 7.48. The number of nitrogens with one attached hydrogen (secondary N) is 1. The third-order valence-corrected chi connectivity index (χ3v) is 4.21. The van der Waals surface area contributed by atoms with Crippen molar-refractivity contribution in [1.82, 2.24) is 10.1 Å². The van der Waals surface area contributed by atoms with Gasteiger partial charge in [-0.25, -0.2) is 13.4 Å². The number of pyridine rings is 1. The first-order chi connectivity index (χ1) is 9.38. The van der Waals surface area contributed by atoms with E-state index in [1.54, 1.807) is 6.92 Å². The Balaban J connectivity index is 2.13. The van der Waals surface area contributed by atoms with Crippen LogP contribution >= 0.6 is 11.6 Å². The Hall–Kier alpha value is -1.93. The molecule has 2 rings (SSSR count). The number of aromatic nitrogens is 2. The van der Waals surface area contributed by atoms with Gasteiger partial charge in [0, 0.05) is 12.3 Å². The molecule has 0 aliphatic heterocycles. The fraction of sp³-hybridized carbons (Fsp3) is 0.182. The summed E-state index contributed by atoms with van der Waals surface area (Å²) in [5, 5.41) is 5.49. The van der Waals surface area contributed by atoms with E-state index in [1.165, 1.54) is 24.4 Å². The lowest BCUT2D eigenvalue weighted by Crippen LogP contribution is -2.23. The van der Waals surface area contributed by atoms with Crippen LogP contribution in [0.1, 0.15) is 5.76 Å². The van der Waals surface area contributed by atoms with Crippen LogP contribution in [0.5, 0.6) is 0 Å². The van der Waals surface area contributed by atoms with Gasteiger partial charge in [-0.15, -0.1) is 0 Å². The number of hydrogen-bond donors (Lipinski definition) is 1. The minimum Gasteiger partial charge on any atom is -0.360 e. The van der Waals surface area contributed by atoms with Gasteiger partial charge in [0.1, 0.15) is 11.5 Å². The number of nitrogens with zero attached hydrogens (tertiary/aromatic N) is 2. The van der Waals surface area contributed by atoms with Crippen molar-refractivity contribution in [3.63, 3.8) is 0 Å². The SMILES string of the molecule is Cc1cc(NC(=O)CS(=O)(=O)c2ncccc2Cl)no1. The topological polar surface area (TPSA) is 102 Å². The molecule has 0 fully saturated rings. The predicted molar refractivity (Wildman–Crippen MR) is 71.2 cm³/mol. The molecule has 106 valence electrons. The molecule has 0 aliphatic carbocycles. The van der Waals surface area contributed by atoms with Crippen molar-refractivity contribution >= 4 is 33.2 Å². The average Bonchev–Trinajstić information content (AvgIpc) is 2.74. The lowest BCUT2D eigenvalue weighted by Gasteiger charge is -2.04. The van der Waals surface area contributed by atoms with Crippen LogP contribution in [-0.4, -0.2) is 30.2 Å². The van der Waals surface area contributed by atoms with Gasteiger partial charge >= 0.3 is 0 Å². The van der Waals surface area contributed by atoms with Crippen LogP contribution < -0.4 is 5.32 Å². The van der Waals surface area contributed by atoms with E-state index < -0.39 is 21.5 Å². The number of carbonyl (C=O) groups is 1. The molecule has 2 aromatic rings. The normalized spacial score (nSPS) is 11.3. The van der Waals surface area contributed by atoms with E-state index in [0.29, 0.717) is 5.76 Å². The van der Waals surface area contributed by atoms with E-state index in [9.17, 15) is 13.2 Å². The predicted octanol–water partition coefficient (Wildman–Crippen LogP) is 1.44. The molecule has 2 aromatic heterocycles. The number of rotatable bonds is 4. The van der Waals surface area contributed by atoms with Gasteiger partial charge < -0.3 is 9.84 Å². The van der Waals surface area contributed by atoms with Gasteiger partial charge in [-0.05, 0) is 19.1 Å². The van der Waals surface area contributed by atoms with Gasteiger partial charge in [0.05, 0.1) is 5.02 Å². The summed E-state index contributed by atoms with van der Waals surface area (Å²) in [4.78, 5) is 15.4. The molecule has 0 unspecified atom stereocenters. The van der Waals surface area contributed by atoms with Gasteiger partial charge in [0.2, 0.25) is 15.7 Å². The minimum atomic E-state index is -3.92. The highest BCUT2D eigenvalue weighted by atomic mass is 35.5. The smallest absolute Gasteiger partial charge is 0.241 e. The number of anilines is 1. The molecule has 20 heavy (non-hydrogen) atoms. The fourth-order valence-electron chi connectivity index (χ4n) is 1.45. The van der Waals surface area contributed by atoms with Crippen molar-refractivity contribution in [3.8, 4) is 0 Å². The van der Waals surface area contributed by atoms with Crippen molar-refractivity contribution in [2.45, 2.75) is 11.9 Å². The zero-order valence-corrected chi connectivity index (χ0v) is 11.9. The number of sulfone groups is 1. The maximum atomic E-state index is 12.0. The maximum Gasteiger partial charge on any atom is 0.241 e. The molecule has 7 nitrogen and oxygen atoms in total. The molecule has 0 saturated heterocycles. The first-order valence-electron chi connectivity index (χ1n) is 5.45. The zero-order chi connectivity index (χ0) is 14.8. The third kappa shape index (κ3) is 3.34. The number of carbonyl (C=O) groups excluding carboxylic acids is 1. The lowest BCUT2D eigenvalue weighted by molar-refractivity contribution is -0.113. The van der Waals surface area contributed by atoms with Crippen molar-refractivity contribution in [2.75, 3.05) is 11.1 Å². The number of halogens is 1. The molecule has 0 spiro atoms. The molecule has 0 atom stereocenters. The molecule has 0 saturated carbocycles. The average molecular weight is 316 g/mol. The number of hydrogen-bond acceptors (Lipinski definition) is 6. The van der Waals surface area contributed by atoms with Gasteiger partial charge in [-0.2, -0.15) is 0 Å². The van der Waals surface area contributed by atoms with E-state index >= 15 is 0 Å². The monoisotopic (exact) mass is 315 g/mol. The Bertz CT molecular complexity index is 742. The Morgan fingerprint density at radius 3 is 2.85 bits per heavy atom. The maximum absolute atomic E-state index is 12.0. The van der Waals surface area contributed by atoms with Gasteiger partial charge in [0.25, 0.3) is 0 Å². The molecular weight excluding hydrogens is 306 g/mol. The first kappa shape index (κ1) is 14.5. The number of amides is 1. The van der Waals surface area contributed by atoms with Crippen LogP contribution in [0.3, 0.4) is 0 Å². The van der Waals surface area contributed by atoms with Gasteiger partial charge in [-0.1, -0.05) is 16.8 Å². The third-order valence-electron chi connectivity index (χ3n) is 2.24. The van der Waals surface area contributed by atoms with Crippen LogP contribution in [0.15, 0.2) is 33.9 Å². The molecular formula is C11H10ClN3O4S.